The number of aliphatic hydroxyl groups is 1. The molecule has 1 aliphatic rings. The molecular weight excluding hydrogens is 204 g/mol. The molecule has 0 radical (unpaired) electrons. The van der Waals surface area contributed by atoms with Crippen molar-refractivity contribution in [2.45, 2.75) is 51.5 Å². The van der Waals surface area contributed by atoms with Gasteiger partial charge in [-0.1, -0.05) is 25.7 Å². The van der Waals surface area contributed by atoms with Gasteiger partial charge in [-0.05, 0) is 29.2 Å². The van der Waals surface area contributed by atoms with Crippen molar-refractivity contribution in [2.75, 3.05) is 6.61 Å². The van der Waals surface area contributed by atoms with E-state index in [1.165, 1.54) is 38.5 Å². The van der Waals surface area contributed by atoms with E-state index in [4.69, 9.17) is 5.11 Å². The molecule has 0 saturated heterocycles. The van der Waals surface area contributed by atoms with Gasteiger partial charge in [0.25, 0.3) is 0 Å². The molecule has 0 aromatic carbocycles. The third-order valence-corrected chi connectivity index (χ3v) is 3.35. The fraction of sp³-hybridized carbons (Fsp3) is 0.909. The summed E-state index contributed by atoms with van der Waals surface area (Å²) in [6.45, 7) is 1.04. The quantitative estimate of drug-likeness (QED) is 0.780. The van der Waals surface area contributed by atoms with Gasteiger partial charge in [-0.3, -0.25) is 0 Å². The highest BCUT2D eigenvalue weighted by molar-refractivity contribution is 4.81. The first-order valence-corrected chi connectivity index (χ1v) is 6.26. The Labute approximate surface area is 95.9 Å². The predicted molar refractivity (Wildman–Crippen MR) is 59.8 cm³/mol. The topological polar surface area (TPSA) is 63.8 Å². The second kappa shape index (κ2) is 5.94. The molecule has 0 spiro atoms. The Balaban J connectivity index is 1.93. The molecule has 90 valence electrons. The lowest BCUT2D eigenvalue weighted by Gasteiger charge is -2.14. The Kier molecular flexibility index (Phi) is 4.27. The van der Waals surface area contributed by atoms with Crippen LogP contribution in [0.3, 0.4) is 0 Å². The van der Waals surface area contributed by atoms with Crippen molar-refractivity contribution in [3.8, 4) is 0 Å². The highest BCUT2D eigenvalue weighted by atomic mass is 16.3. The zero-order chi connectivity index (χ0) is 11.2. The molecule has 0 atom stereocenters. The average molecular weight is 224 g/mol. The molecular formula is C11H20N4O. The van der Waals surface area contributed by atoms with Gasteiger partial charge in [-0.15, -0.1) is 5.10 Å². The first-order chi connectivity index (χ1) is 7.90. The fourth-order valence-electron chi connectivity index (χ4n) is 2.44. The van der Waals surface area contributed by atoms with E-state index in [1.54, 1.807) is 0 Å². The summed E-state index contributed by atoms with van der Waals surface area (Å²) < 4.78 is 1.87. The van der Waals surface area contributed by atoms with Crippen LogP contribution >= 0.6 is 0 Å². The molecule has 1 heterocycles. The van der Waals surface area contributed by atoms with Crippen molar-refractivity contribution in [1.82, 2.24) is 20.2 Å². The third kappa shape index (κ3) is 3.01. The lowest BCUT2D eigenvalue weighted by atomic mass is 10.0. The summed E-state index contributed by atoms with van der Waals surface area (Å²) in [6, 6.07) is 0. The zero-order valence-electron chi connectivity index (χ0n) is 9.68. The Bertz CT molecular complexity index is 305. The summed E-state index contributed by atoms with van der Waals surface area (Å²) >= 11 is 0. The van der Waals surface area contributed by atoms with E-state index < -0.39 is 0 Å². The van der Waals surface area contributed by atoms with Crippen LogP contribution in [0.2, 0.25) is 0 Å². The van der Waals surface area contributed by atoms with Gasteiger partial charge >= 0.3 is 0 Å². The molecule has 1 fully saturated rings. The van der Waals surface area contributed by atoms with E-state index >= 15 is 0 Å². The first-order valence-electron chi connectivity index (χ1n) is 6.26. The van der Waals surface area contributed by atoms with Crippen molar-refractivity contribution in [3.05, 3.63) is 5.82 Å². The van der Waals surface area contributed by atoms with Crippen LogP contribution in [0.4, 0.5) is 0 Å². The SMILES string of the molecule is OCCc1nnnn1CC1CCCCCC1. The number of tetrazole rings is 1. The molecule has 1 aromatic rings. The van der Waals surface area contributed by atoms with E-state index in [9.17, 15) is 0 Å². The van der Waals surface area contributed by atoms with Gasteiger partial charge in [-0.25, -0.2) is 4.68 Å². The van der Waals surface area contributed by atoms with Crippen molar-refractivity contribution in [1.29, 1.82) is 0 Å². The highest BCUT2D eigenvalue weighted by Crippen LogP contribution is 2.24. The van der Waals surface area contributed by atoms with Gasteiger partial charge in [0.1, 0.15) is 0 Å². The molecule has 5 heteroatoms. The van der Waals surface area contributed by atoms with Crippen molar-refractivity contribution in [2.24, 2.45) is 5.92 Å². The normalized spacial score (nSPS) is 18.6. The van der Waals surface area contributed by atoms with E-state index in [0.717, 1.165) is 12.4 Å². The average Bonchev–Trinajstić information content (AvgIpc) is 2.56. The standard InChI is InChI=1S/C11H20N4O/c16-8-7-11-12-13-14-15(11)9-10-5-3-1-2-4-6-10/h10,16H,1-9H2. The summed E-state index contributed by atoms with van der Waals surface area (Å²) in [6.07, 6.45) is 8.55. The molecule has 16 heavy (non-hydrogen) atoms. The summed E-state index contributed by atoms with van der Waals surface area (Å²) in [5.74, 6) is 1.52. The number of aromatic nitrogens is 4. The van der Waals surface area contributed by atoms with Gasteiger partial charge < -0.3 is 5.11 Å². The number of rotatable bonds is 4. The van der Waals surface area contributed by atoms with Crippen LogP contribution in [-0.2, 0) is 13.0 Å². The van der Waals surface area contributed by atoms with E-state index in [-0.39, 0.29) is 6.61 Å². The molecule has 1 aromatic heterocycles. The summed E-state index contributed by atoms with van der Waals surface area (Å²) in [5, 5.41) is 20.5. The molecule has 0 bridgehead atoms. The first kappa shape index (κ1) is 11.5. The van der Waals surface area contributed by atoms with Crippen molar-refractivity contribution >= 4 is 0 Å². The summed E-state index contributed by atoms with van der Waals surface area (Å²) in [7, 11) is 0. The van der Waals surface area contributed by atoms with Gasteiger partial charge in [-0.2, -0.15) is 0 Å². The predicted octanol–water partition coefficient (Wildman–Crippen LogP) is 1.18. The minimum Gasteiger partial charge on any atom is -0.396 e. The summed E-state index contributed by atoms with van der Waals surface area (Å²) in [5.41, 5.74) is 0. The van der Waals surface area contributed by atoms with Crippen LogP contribution in [0.25, 0.3) is 0 Å². The largest absolute Gasteiger partial charge is 0.396 e. The molecule has 0 unspecified atom stereocenters. The molecule has 1 saturated carbocycles. The van der Waals surface area contributed by atoms with Crippen LogP contribution in [0.15, 0.2) is 0 Å². The lowest BCUT2D eigenvalue weighted by Crippen LogP contribution is -2.15. The monoisotopic (exact) mass is 224 g/mol. The van der Waals surface area contributed by atoms with Crippen LogP contribution < -0.4 is 0 Å². The second-order valence-corrected chi connectivity index (χ2v) is 4.61. The smallest absolute Gasteiger partial charge is 0.153 e. The van der Waals surface area contributed by atoms with Crippen LogP contribution in [0.1, 0.15) is 44.3 Å². The van der Waals surface area contributed by atoms with Crippen molar-refractivity contribution in [3.63, 3.8) is 0 Å². The second-order valence-electron chi connectivity index (χ2n) is 4.61. The molecule has 1 N–H and O–H groups in total. The number of aliphatic hydroxyl groups excluding tert-OH is 1. The highest BCUT2D eigenvalue weighted by Gasteiger charge is 2.15. The molecule has 2 rings (SSSR count). The minimum absolute atomic E-state index is 0.116. The van der Waals surface area contributed by atoms with Gasteiger partial charge in [0, 0.05) is 13.0 Å². The van der Waals surface area contributed by atoms with E-state index in [0.29, 0.717) is 12.3 Å². The van der Waals surface area contributed by atoms with E-state index in [2.05, 4.69) is 15.5 Å². The zero-order valence-corrected chi connectivity index (χ0v) is 9.68. The van der Waals surface area contributed by atoms with Gasteiger partial charge in [0.15, 0.2) is 5.82 Å². The molecule has 0 amide bonds. The Morgan fingerprint density at radius 2 is 1.94 bits per heavy atom. The Morgan fingerprint density at radius 1 is 1.19 bits per heavy atom. The maximum Gasteiger partial charge on any atom is 0.153 e. The minimum atomic E-state index is 0.116. The lowest BCUT2D eigenvalue weighted by molar-refractivity contribution is 0.289. The maximum absolute atomic E-state index is 8.90. The number of hydrogen-bond acceptors (Lipinski definition) is 4. The fourth-order valence-corrected chi connectivity index (χ4v) is 2.44. The maximum atomic E-state index is 8.90. The Morgan fingerprint density at radius 3 is 2.62 bits per heavy atom. The molecule has 5 nitrogen and oxygen atoms in total. The number of nitrogens with zero attached hydrogens (tertiary/aromatic N) is 4. The van der Waals surface area contributed by atoms with Crippen LogP contribution in [0.5, 0.6) is 0 Å². The van der Waals surface area contributed by atoms with Crippen LogP contribution in [-0.4, -0.2) is 31.9 Å². The van der Waals surface area contributed by atoms with E-state index in [1.807, 2.05) is 4.68 Å². The van der Waals surface area contributed by atoms with Gasteiger partial charge in [0.05, 0.1) is 6.61 Å². The number of hydrogen-bond donors (Lipinski definition) is 1. The third-order valence-electron chi connectivity index (χ3n) is 3.35. The van der Waals surface area contributed by atoms with Gasteiger partial charge in [0.2, 0.25) is 0 Å². The summed E-state index contributed by atoms with van der Waals surface area (Å²) in [4.78, 5) is 0. The molecule has 1 aliphatic carbocycles. The molecule has 0 aliphatic heterocycles. The van der Waals surface area contributed by atoms with Crippen molar-refractivity contribution < 1.29 is 5.11 Å². The van der Waals surface area contributed by atoms with Crippen LogP contribution in [0, 0.1) is 5.92 Å². The Hall–Kier alpha value is -0.970.